The summed E-state index contributed by atoms with van der Waals surface area (Å²) in [7, 11) is 1.56. The van der Waals surface area contributed by atoms with E-state index < -0.39 is 0 Å². The molecule has 0 aliphatic carbocycles. The van der Waals surface area contributed by atoms with Gasteiger partial charge in [-0.05, 0) is 25.0 Å². The second kappa shape index (κ2) is 7.32. The first kappa shape index (κ1) is 14.0. The molecule has 18 heavy (non-hydrogen) atoms. The molecule has 0 radical (unpaired) electrons. The molecule has 1 amide bonds. The number of nitrogens with one attached hydrogen (secondary N) is 1. The molecule has 0 aromatic heterocycles. The summed E-state index contributed by atoms with van der Waals surface area (Å²) in [5.41, 5.74) is 1.57. The second-order valence-corrected chi connectivity index (χ2v) is 3.74. The van der Waals surface area contributed by atoms with Crippen LogP contribution in [-0.4, -0.2) is 26.4 Å². The van der Waals surface area contributed by atoms with E-state index in [0.717, 1.165) is 11.8 Å². The number of aryl methyl sites for hydroxylation is 1. The molecular weight excluding hydrogens is 234 g/mol. The highest BCUT2D eigenvalue weighted by atomic mass is 16.5. The van der Waals surface area contributed by atoms with Gasteiger partial charge in [0.2, 0.25) is 6.41 Å². The molecule has 98 valence electrons. The van der Waals surface area contributed by atoms with Crippen molar-refractivity contribution < 1.29 is 19.1 Å². The predicted octanol–water partition coefficient (Wildman–Crippen LogP) is 1.93. The van der Waals surface area contributed by atoms with Gasteiger partial charge in [0.15, 0.2) is 11.5 Å². The maximum Gasteiger partial charge on any atom is 0.211 e. The Morgan fingerprint density at radius 2 is 2.06 bits per heavy atom. The van der Waals surface area contributed by atoms with Gasteiger partial charge >= 0.3 is 0 Å². The highest BCUT2D eigenvalue weighted by Gasteiger charge is 2.09. The number of unbranched alkanes of at least 4 members (excludes halogenated alkanes) is 1. The third-order valence-electron chi connectivity index (χ3n) is 2.45. The van der Waals surface area contributed by atoms with Crippen LogP contribution in [0.5, 0.6) is 11.5 Å². The quantitative estimate of drug-likeness (QED) is 0.566. The largest absolute Gasteiger partial charge is 0.493 e. The number of benzene rings is 1. The minimum atomic E-state index is 0.429. The third kappa shape index (κ3) is 3.76. The summed E-state index contributed by atoms with van der Waals surface area (Å²) in [5, 5.41) is 2.60. The maximum atomic E-state index is 10.5. The lowest BCUT2D eigenvalue weighted by Crippen LogP contribution is -2.02. The van der Waals surface area contributed by atoms with Gasteiger partial charge in [0.1, 0.15) is 6.29 Å². The molecule has 0 atom stereocenters. The lowest BCUT2D eigenvalue weighted by molar-refractivity contribution is -0.108. The number of hydrogen-bond donors (Lipinski definition) is 1. The highest BCUT2D eigenvalue weighted by Crippen LogP contribution is 2.33. The molecule has 0 saturated heterocycles. The second-order valence-electron chi connectivity index (χ2n) is 3.74. The monoisotopic (exact) mass is 251 g/mol. The molecule has 1 rings (SSSR count). The van der Waals surface area contributed by atoms with Crippen molar-refractivity contribution in [3.63, 3.8) is 0 Å². The van der Waals surface area contributed by atoms with Crippen molar-refractivity contribution in [3.8, 4) is 11.5 Å². The normalized spacial score (nSPS) is 9.67. The van der Waals surface area contributed by atoms with Crippen molar-refractivity contribution in [2.24, 2.45) is 0 Å². The summed E-state index contributed by atoms with van der Waals surface area (Å²) in [4.78, 5) is 20.7. The zero-order chi connectivity index (χ0) is 13.4. The number of aldehydes is 1. The smallest absolute Gasteiger partial charge is 0.211 e. The summed E-state index contributed by atoms with van der Waals surface area (Å²) in [6, 6.07) is 3.50. The van der Waals surface area contributed by atoms with Gasteiger partial charge in [-0.2, -0.15) is 0 Å². The molecule has 5 nitrogen and oxygen atoms in total. The number of carbonyl (C=O) groups is 2. The summed E-state index contributed by atoms with van der Waals surface area (Å²) >= 11 is 0. The van der Waals surface area contributed by atoms with E-state index in [1.807, 2.05) is 6.92 Å². The van der Waals surface area contributed by atoms with Crippen LogP contribution in [0.2, 0.25) is 0 Å². The van der Waals surface area contributed by atoms with Crippen LogP contribution in [0, 0.1) is 6.92 Å². The van der Waals surface area contributed by atoms with Crippen molar-refractivity contribution in [1.29, 1.82) is 0 Å². The first-order chi connectivity index (χ1) is 8.72. The van der Waals surface area contributed by atoms with Crippen LogP contribution in [0.15, 0.2) is 12.1 Å². The number of carbonyl (C=O) groups excluding carboxylic acids is 2. The van der Waals surface area contributed by atoms with Crippen LogP contribution in [0.25, 0.3) is 0 Å². The summed E-state index contributed by atoms with van der Waals surface area (Å²) in [6.07, 6.45) is 2.59. The first-order valence-electron chi connectivity index (χ1n) is 5.68. The fourth-order valence-electron chi connectivity index (χ4n) is 1.50. The highest BCUT2D eigenvalue weighted by molar-refractivity contribution is 5.75. The summed E-state index contributed by atoms with van der Waals surface area (Å²) < 4.78 is 10.7. The van der Waals surface area contributed by atoms with Gasteiger partial charge in [-0.25, -0.2) is 0 Å². The lowest BCUT2D eigenvalue weighted by atomic mass is 10.1. The Labute approximate surface area is 106 Å². The zero-order valence-electron chi connectivity index (χ0n) is 10.6. The van der Waals surface area contributed by atoms with Crippen molar-refractivity contribution >= 4 is 18.4 Å². The number of ether oxygens (including phenoxy) is 2. The molecule has 0 unspecified atom stereocenters. The molecule has 1 aromatic rings. The average Bonchev–Trinajstić information content (AvgIpc) is 2.38. The fraction of sp³-hybridized carbons (Fsp3) is 0.385. The number of rotatable bonds is 8. The molecule has 0 spiro atoms. The molecule has 0 aliphatic heterocycles. The zero-order valence-corrected chi connectivity index (χ0v) is 10.6. The van der Waals surface area contributed by atoms with E-state index in [2.05, 4.69) is 5.32 Å². The van der Waals surface area contributed by atoms with Crippen molar-refractivity contribution in [1.82, 2.24) is 0 Å². The van der Waals surface area contributed by atoms with Gasteiger partial charge in [0, 0.05) is 18.2 Å². The summed E-state index contributed by atoms with van der Waals surface area (Å²) in [5.74, 6) is 1.16. The molecule has 0 saturated carbocycles. The van der Waals surface area contributed by atoms with Gasteiger partial charge in [0.05, 0.1) is 13.7 Å². The maximum absolute atomic E-state index is 10.5. The standard InChI is InChI=1S/C13H17NO4/c1-10-7-12(17-2)13(8-11(10)14-9-16)18-6-4-3-5-15/h5,7-9H,3-4,6H2,1-2H3,(H,14,16). The minimum absolute atomic E-state index is 0.429. The van der Waals surface area contributed by atoms with Gasteiger partial charge in [-0.15, -0.1) is 0 Å². The van der Waals surface area contributed by atoms with E-state index in [-0.39, 0.29) is 0 Å². The Balaban J connectivity index is 2.82. The molecule has 0 bridgehead atoms. The van der Waals surface area contributed by atoms with Crippen molar-refractivity contribution in [3.05, 3.63) is 17.7 Å². The Morgan fingerprint density at radius 3 is 2.67 bits per heavy atom. The Morgan fingerprint density at radius 1 is 1.28 bits per heavy atom. The molecule has 1 aromatic carbocycles. The van der Waals surface area contributed by atoms with E-state index in [1.54, 1.807) is 19.2 Å². The van der Waals surface area contributed by atoms with Gasteiger partial charge < -0.3 is 19.6 Å². The Hall–Kier alpha value is -2.04. The molecular formula is C13H17NO4. The minimum Gasteiger partial charge on any atom is -0.493 e. The Bertz CT molecular complexity index is 418. The molecule has 0 aliphatic rings. The van der Waals surface area contributed by atoms with Crippen LogP contribution >= 0.6 is 0 Å². The molecule has 0 fully saturated rings. The van der Waals surface area contributed by atoms with Crippen LogP contribution in [-0.2, 0) is 9.59 Å². The van der Waals surface area contributed by atoms with Gasteiger partial charge in [-0.1, -0.05) is 0 Å². The van der Waals surface area contributed by atoms with Gasteiger partial charge in [0.25, 0.3) is 0 Å². The molecule has 0 heterocycles. The predicted molar refractivity (Wildman–Crippen MR) is 68.2 cm³/mol. The topological polar surface area (TPSA) is 64.6 Å². The lowest BCUT2D eigenvalue weighted by Gasteiger charge is -2.13. The number of anilines is 1. The SMILES string of the molecule is COc1cc(C)c(NC=O)cc1OCCCC=O. The van der Waals surface area contributed by atoms with Crippen LogP contribution in [0.1, 0.15) is 18.4 Å². The third-order valence-corrected chi connectivity index (χ3v) is 2.45. The molecule has 5 heteroatoms. The Kier molecular flexibility index (Phi) is 5.70. The van der Waals surface area contributed by atoms with Gasteiger partial charge in [-0.3, -0.25) is 4.79 Å². The van der Waals surface area contributed by atoms with E-state index in [1.165, 1.54) is 0 Å². The molecule has 1 N–H and O–H groups in total. The van der Waals surface area contributed by atoms with E-state index >= 15 is 0 Å². The number of amides is 1. The van der Waals surface area contributed by atoms with E-state index in [9.17, 15) is 9.59 Å². The summed E-state index contributed by atoms with van der Waals surface area (Å²) in [6.45, 7) is 2.29. The van der Waals surface area contributed by atoms with Crippen molar-refractivity contribution in [2.75, 3.05) is 19.0 Å². The van der Waals surface area contributed by atoms with Crippen LogP contribution < -0.4 is 14.8 Å². The van der Waals surface area contributed by atoms with Crippen molar-refractivity contribution in [2.45, 2.75) is 19.8 Å². The van der Waals surface area contributed by atoms with Crippen LogP contribution in [0.4, 0.5) is 5.69 Å². The number of methoxy groups -OCH3 is 1. The fourth-order valence-corrected chi connectivity index (χ4v) is 1.50. The first-order valence-corrected chi connectivity index (χ1v) is 5.68. The number of hydrogen-bond acceptors (Lipinski definition) is 4. The average molecular weight is 251 g/mol. The van der Waals surface area contributed by atoms with E-state index in [4.69, 9.17) is 9.47 Å². The van der Waals surface area contributed by atoms with E-state index in [0.29, 0.717) is 43.0 Å². The van der Waals surface area contributed by atoms with Crippen LogP contribution in [0.3, 0.4) is 0 Å².